The van der Waals surface area contributed by atoms with Crippen LogP contribution in [0.4, 0.5) is 0 Å². The Labute approximate surface area is 132 Å². The van der Waals surface area contributed by atoms with Gasteiger partial charge < -0.3 is 14.4 Å². The zero-order chi connectivity index (χ0) is 15.5. The minimum absolute atomic E-state index is 0.281. The molecule has 4 nitrogen and oxygen atoms in total. The number of aromatic nitrogens is 1. The molecule has 0 aliphatic heterocycles. The quantitative estimate of drug-likeness (QED) is 0.772. The standard InChI is InChI=1S/C17H14ClNO3/c18-14-2-1-3-15(11-14)22-9-8-19-7-6-12-4-5-13(17(20)21)10-16(12)19/h1-7,10-11H,8-9H2,(H,20,21). The Kier molecular flexibility index (Phi) is 4.02. The van der Waals surface area contributed by atoms with Crippen molar-refractivity contribution in [3.63, 3.8) is 0 Å². The molecule has 22 heavy (non-hydrogen) atoms. The first-order chi connectivity index (χ1) is 10.6. The number of benzene rings is 2. The molecule has 112 valence electrons. The molecule has 3 aromatic rings. The van der Waals surface area contributed by atoms with E-state index in [-0.39, 0.29) is 5.56 Å². The van der Waals surface area contributed by atoms with E-state index in [1.54, 1.807) is 24.3 Å². The maximum Gasteiger partial charge on any atom is 0.335 e. The molecule has 0 atom stereocenters. The molecule has 1 aromatic heterocycles. The summed E-state index contributed by atoms with van der Waals surface area (Å²) in [5, 5.41) is 10.7. The number of hydrogen-bond acceptors (Lipinski definition) is 2. The molecule has 0 unspecified atom stereocenters. The number of carbonyl (C=O) groups is 1. The number of carboxylic acids is 1. The minimum Gasteiger partial charge on any atom is -0.492 e. The fourth-order valence-corrected chi connectivity index (χ4v) is 2.51. The highest BCUT2D eigenvalue weighted by atomic mass is 35.5. The average Bonchev–Trinajstić information content (AvgIpc) is 2.90. The van der Waals surface area contributed by atoms with Gasteiger partial charge in [0.15, 0.2) is 0 Å². The van der Waals surface area contributed by atoms with Crippen LogP contribution < -0.4 is 4.74 Å². The van der Waals surface area contributed by atoms with Gasteiger partial charge in [-0.2, -0.15) is 0 Å². The number of aromatic carboxylic acids is 1. The number of carboxylic acid groups (broad SMARTS) is 1. The van der Waals surface area contributed by atoms with Crippen molar-refractivity contribution in [2.45, 2.75) is 6.54 Å². The Morgan fingerprint density at radius 1 is 1.18 bits per heavy atom. The first-order valence-corrected chi connectivity index (χ1v) is 7.22. The SMILES string of the molecule is O=C(O)c1ccc2ccn(CCOc3cccc(Cl)c3)c2c1. The molecule has 0 aliphatic rings. The lowest BCUT2D eigenvalue weighted by Gasteiger charge is -2.09. The van der Waals surface area contributed by atoms with Crippen LogP contribution in [-0.2, 0) is 6.54 Å². The molecule has 0 bridgehead atoms. The lowest BCUT2D eigenvalue weighted by molar-refractivity contribution is 0.0697. The summed E-state index contributed by atoms with van der Waals surface area (Å²) in [5.41, 5.74) is 1.16. The van der Waals surface area contributed by atoms with Crippen LogP contribution in [0.5, 0.6) is 5.75 Å². The number of hydrogen-bond donors (Lipinski definition) is 1. The van der Waals surface area contributed by atoms with Crippen molar-refractivity contribution in [3.8, 4) is 5.75 Å². The first-order valence-electron chi connectivity index (χ1n) is 6.84. The summed E-state index contributed by atoms with van der Waals surface area (Å²) < 4.78 is 7.64. The number of fused-ring (bicyclic) bond motifs is 1. The fourth-order valence-electron chi connectivity index (χ4n) is 2.33. The van der Waals surface area contributed by atoms with Crippen molar-refractivity contribution in [1.82, 2.24) is 4.57 Å². The Bertz CT molecular complexity index is 826. The van der Waals surface area contributed by atoms with Crippen molar-refractivity contribution < 1.29 is 14.6 Å². The van der Waals surface area contributed by atoms with E-state index in [0.29, 0.717) is 18.2 Å². The van der Waals surface area contributed by atoms with Crippen LogP contribution in [0.3, 0.4) is 0 Å². The third-order valence-corrected chi connectivity index (χ3v) is 3.65. The fraction of sp³-hybridized carbons (Fsp3) is 0.118. The van der Waals surface area contributed by atoms with E-state index in [1.165, 1.54) is 0 Å². The molecule has 0 amide bonds. The largest absolute Gasteiger partial charge is 0.492 e. The van der Waals surface area contributed by atoms with Gasteiger partial charge in [-0.3, -0.25) is 0 Å². The van der Waals surface area contributed by atoms with Gasteiger partial charge in [0.05, 0.1) is 12.1 Å². The van der Waals surface area contributed by atoms with E-state index in [1.807, 2.05) is 35.0 Å². The van der Waals surface area contributed by atoms with E-state index in [2.05, 4.69) is 0 Å². The second kappa shape index (κ2) is 6.12. The van der Waals surface area contributed by atoms with Gasteiger partial charge in [-0.1, -0.05) is 23.7 Å². The summed E-state index contributed by atoms with van der Waals surface area (Å²) in [4.78, 5) is 11.1. The highest BCUT2D eigenvalue weighted by Crippen LogP contribution is 2.19. The zero-order valence-corrected chi connectivity index (χ0v) is 12.5. The lowest BCUT2D eigenvalue weighted by atomic mass is 10.2. The second-order valence-electron chi connectivity index (χ2n) is 4.89. The smallest absolute Gasteiger partial charge is 0.335 e. The van der Waals surface area contributed by atoms with Gasteiger partial charge in [0.2, 0.25) is 0 Å². The molecule has 0 fully saturated rings. The van der Waals surface area contributed by atoms with E-state index in [0.717, 1.165) is 16.7 Å². The van der Waals surface area contributed by atoms with Crippen molar-refractivity contribution in [2.24, 2.45) is 0 Å². The molecule has 0 radical (unpaired) electrons. The van der Waals surface area contributed by atoms with Crippen LogP contribution in [0.2, 0.25) is 5.02 Å². The molecule has 3 rings (SSSR count). The summed E-state index contributed by atoms with van der Waals surface area (Å²) in [6, 6.07) is 14.3. The van der Waals surface area contributed by atoms with Gasteiger partial charge in [-0.05, 0) is 41.8 Å². The van der Waals surface area contributed by atoms with Crippen LogP contribution in [0.1, 0.15) is 10.4 Å². The number of rotatable bonds is 5. The van der Waals surface area contributed by atoms with Crippen molar-refractivity contribution in [1.29, 1.82) is 0 Å². The Hall–Kier alpha value is -2.46. The summed E-state index contributed by atoms with van der Waals surface area (Å²) in [6.45, 7) is 1.10. The van der Waals surface area contributed by atoms with Gasteiger partial charge in [-0.15, -0.1) is 0 Å². The third kappa shape index (κ3) is 3.07. The Morgan fingerprint density at radius 2 is 2.05 bits per heavy atom. The van der Waals surface area contributed by atoms with Gasteiger partial charge in [-0.25, -0.2) is 4.79 Å². The van der Waals surface area contributed by atoms with Crippen molar-refractivity contribution >= 4 is 28.5 Å². The summed E-state index contributed by atoms with van der Waals surface area (Å²) in [5.74, 6) is -0.208. The van der Waals surface area contributed by atoms with Crippen LogP contribution in [-0.4, -0.2) is 22.2 Å². The highest BCUT2D eigenvalue weighted by Gasteiger charge is 2.07. The zero-order valence-electron chi connectivity index (χ0n) is 11.7. The lowest BCUT2D eigenvalue weighted by Crippen LogP contribution is -2.07. The Morgan fingerprint density at radius 3 is 2.82 bits per heavy atom. The molecule has 1 heterocycles. The van der Waals surface area contributed by atoms with E-state index < -0.39 is 5.97 Å². The molecule has 0 saturated carbocycles. The highest BCUT2D eigenvalue weighted by molar-refractivity contribution is 6.30. The normalized spacial score (nSPS) is 10.8. The topological polar surface area (TPSA) is 51.5 Å². The molecule has 1 N–H and O–H groups in total. The molecule has 0 saturated heterocycles. The second-order valence-corrected chi connectivity index (χ2v) is 5.33. The minimum atomic E-state index is -0.926. The Balaban J connectivity index is 1.73. The predicted molar refractivity (Wildman–Crippen MR) is 85.8 cm³/mol. The third-order valence-electron chi connectivity index (χ3n) is 3.42. The number of nitrogens with zero attached hydrogens (tertiary/aromatic N) is 1. The van der Waals surface area contributed by atoms with E-state index >= 15 is 0 Å². The molecule has 5 heteroatoms. The molecular formula is C17H14ClNO3. The molecule has 2 aromatic carbocycles. The maximum atomic E-state index is 11.1. The first kappa shape index (κ1) is 14.5. The van der Waals surface area contributed by atoms with E-state index in [4.69, 9.17) is 21.4 Å². The van der Waals surface area contributed by atoms with Gasteiger partial charge in [0, 0.05) is 16.7 Å². The van der Waals surface area contributed by atoms with Gasteiger partial charge >= 0.3 is 5.97 Å². The molecular weight excluding hydrogens is 302 g/mol. The van der Waals surface area contributed by atoms with Gasteiger partial charge in [0.1, 0.15) is 12.4 Å². The van der Waals surface area contributed by atoms with E-state index in [9.17, 15) is 4.79 Å². The van der Waals surface area contributed by atoms with Crippen LogP contribution in [0, 0.1) is 0 Å². The maximum absolute atomic E-state index is 11.1. The average molecular weight is 316 g/mol. The monoisotopic (exact) mass is 315 g/mol. The summed E-state index contributed by atoms with van der Waals surface area (Å²) in [6.07, 6.45) is 1.93. The summed E-state index contributed by atoms with van der Waals surface area (Å²) >= 11 is 5.91. The van der Waals surface area contributed by atoms with Gasteiger partial charge in [0.25, 0.3) is 0 Å². The number of ether oxygens (including phenoxy) is 1. The van der Waals surface area contributed by atoms with Crippen LogP contribution >= 0.6 is 11.6 Å². The molecule has 0 spiro atoms. The summed E-state index contributed by atoms with van der Waals surface area (Å²) in [7, 11) is 0. The number of halogens is 1. The van der Waals surface area contributed by atoms with Crippen molar-refractivity contribution in [3.05, 3.63) is 65.3 Å². The van der Waals surface area contributed by atoms with Crippen molar-refractivity contribution in [2.75, 3.05) is 6.61 Å². The van der Waals surface area contributed by atoms with Crippen LogP contribution in [0.15, 0.2) is 54.7 Å². The molecule has 0 aliphatic carbocycles. The predicted octanol–water partition coefficient (Wildman–Crippen LogP) is 4.07. The van der Waals surface area contributed by atoms with Crippen LogP contribution in [0.25, 0.3) is 10.9 Å².